The van der Waals surface area contributed by atoms with Crippen molar-refractivity contribution in [1.29, 1.82) is 0 Å². The molecule has 3 N–H and O–H groups in total. The number of thiocarbonyl (C=S) groups is 1. The molecular weight excluding hydrogens is 298 g/mol. The van der Waals surface area contributed by atoms with Gasteiger partial charge < -0.3 is 20.7 Å². The fourth-order valence-electron chi connectivity index (χ4n) is 2.26. The minimum absolute atomic E-state index is 0.0195. The van der Waals surface area contributed by atoms with Crippen LogP contribution in [0.1, 0.15) is 5.56 Å². The summed E-state index contributed by atoms with van der Waals surface area (Å²) in [6, 6.07) is 13.2. The van der Waals surface area contributed by atoms with Gasteiger partial charge in [0.1, 0.15) is 5.75 Å². The molecule has 0 fully saturated rings. The number of amides is 1. The van der Waals surface area contributed by atoms with Crippen LogP contribution in [0.3, 0.4) is 0 Å². The lowest BCUT2D eigenvalue weighted by atomic mass is 10.1. The van der Waals surface area contributed by atoms with E-state index in [4.69, 9.17) is 17.0 Å². The Kier molecular flexibility index (Phi) is 3.93. The van der Waals surface area contributed by atoms with Crippen molar-refractivity contribution in [3.05, 3.63) is 48.0 Å². The van der Waals surface area contributed by atoms with Crippen LogP contribution in [0.15, 0.2) is 42.5 Å². The van der Waals surface area contributed by atoms with Gasteiger partial charge in [0, 0.05) is 17.1 Å². The summed E-state index contributed by atoms with van der Waals surface area (Å²) in [4.78, 5) is 11.3. The number of nitrogens with one attached hydrogen (secondary N) is 3. The van der Waals surface area contributed by atoms with E-state index < -0.39 is 0 Å². The van der Waals surface area contributed by atoms with Crippen molar-refractivity contribution in [3.63, 3.8) is 0 Å². The van der Waals surface area contributed by atoms with Crippen LogP contribution in [0.2, 0.25) is 0 Å². The summed E-state index contributed by atoms with van der Waals surface area (Å²) in [5.74, 6) is 0.810. The summed E-state index contributed by atoms with van der Waals surface area (Å²) < 4.78 is 5.11. The highest BCUT2D eigenvalue weighted by molar-refractivity contribution is 7.80. The van der Waals surface area contributed by atoms with E-state index in [9.17, 15) is 4.79 Å². The molecule has 0 saturated heterocycles. The number of carbonyl (C=O) groups excluding carboxylic acids is 1. The first kappa shape index (κ1) is 14.3. The Morgan fingerprint density at radius 3 is 2.55 bits per heavy atom. The third kappa shape index (κ3) is 3.17. The van der Waals surface area contributed by atoms with Crippen LogP contribution in [0, 0.1) is 0 Å². The van der Waals surface area contributed by atoms with E-state index in [2.05, 4.69) is 16.0 Å². The quantitative estimate of drug-likeness (QED) is 0.760. The summed E-state index contributed by atoms with van der Waals surface area (Å²) in [5, 5.41) is 9.49. The van der Waals surface area contributed by atoms with Gasteiger partial charge in [-0.1, -0.05) is 6.07 Å². The van der Waals surface area contributed by atoms with Crippen LogP contribution in [-0.4, -0.2) is 18.1 Å². The number of hydrogen-bond acceptors (Lipinski definition) is 3. The van der Waals surface area contributed by atoms with Gasteiger partial charge in [-0.2, -0.15) is 0 Å². The van der Waals surface area contributed by atoms with Crippen molar-refractivity contribution in [1.82, 2.24) is 0 Å². The molecule has 3 rings (SSSR count). The minimum Gasteiger partial charge on any atom is -0.497 e. The Morgan fingerprint density at radius 1 is 1.14 bits per heavy atom. The van der Waals surface area contributed by atoms with Crippen molar-refractivity contribution >= 4 is 40.3 Å². The van der Waals surface area contributed by atoms with Crippen LogP contribution in [0.5, 0.6) is 5.75 Å². The smallest absolute Gasteiger partial charge is 0.228 e. The standard InChI is InChI=1S/C16H15N3O2S/c1-21-13-6-4-11(5-7-13)17-16(22)18-12-3-2-10-8-15(20)19-14(10)9-12/h2-7,9H,8H2,1H3,(H,19,20)(H2,17,18,22). The number of anilines is 3. The molecule has 2 aromatic carbocycles. The molecule has 0 unspecified atom stereocenters. The predicted molar refractivity (Wildman–Crippen MR) is 91.6 cm³/mol. The molecule has 22 heavy (non-hydrogen) atoms. The Hall–Kier alpha value is -2.60. The number of ether oxygens (including phenoxy) is 1. The first-order chi connectivity index (χ1) is 10.6. The van der Waals surface area contributed by atoms with Crippen LogP contribution >= 0.6 is 12.2 Å². The molecule has 0 saturated carbocycles. The zero-order valence-electron chi connectivity index (χ0n) is 12.0. The highest BCUT2D eigenvalue weighted by atomic mass is 32.1. The minimum atomic E-state index is 0.0195. The van der Waals surface area contributed by atoms with Gasteiger partial charge in [-0.05, 0) is 54.2 Å². The van der Waals surface area contributed by atoms with Crippen molar-refractivity contribution < 1.29 is 9.53 Å². The summed E-state index contributed by atoms with van der Waals surface area (Å²) >= 11 is 5.29. The maximum absolute atomic E-state index is 11.3. The Balaban J connectivity index is 1.64. The number of methoxy groups -OCH3 is 1. The molecule has 1 amide bonds. The van der Waals surface area contributed by atoms with E-state index in [0.29, 0.717) is 11.5 Å². The van der Waals surface area contributed by atoms with Crippen LogP contribution in [0.25, 0.3) is 0 Å². The van der Waals surface area contributed by atoms with Crippen molar-refractivity contribution in [2.24, 2.45) is 0 Å². The summed E-state index contributed by atoms with van der Waals surface area (Å²) in [5.41, 5.74) is 3.53. The van der Waals surface area contributed by atoms with Gasteiger partial charge in [0.15, 0.2) is 5.11 Å². The number of rotatable bonds is 3. The average molecular weight is 313 g/mol. The number of benzene rings is 2. The monoisotopic (exact) mass is 313 g/mol. The van der Waals surface area contributed by atoms with E-state index in [0.717, 1.165) is 28.4 Å². The first-order valence-corrected chi connectivity index (χ1v) is 7.20. The molecule has 1 heterocycles. The van der Waals surface area contributed by atoms with Gasteiger partial charge >= 0.3 is 0 Å². The van der Waals surface area contributed by atoms with Crippen LogP contribution in [0.4, 0.5) is 17.1 Å². The molecule has 0 radical (unpaired) electrons. The van der Waals surface area contributed by atoms with Gasteiger partial charge in [-0.25, -0.2) is 0 Å². The molecule has 1 aliphatic rings. The van der Waals surface area contributed by atoms with Gasteiger partial charge in [-0.15, -0.1) is 0 Å². The molecule has 112 valence electrons. The number of fused-ring (bicyclic) bond motifs is 1. The summed E-state index contributed by atoms with van der Waals surface area (Å²) in [6.07, 6.45) is 0.435. The molecule has 1 aliphatic heterocycles. The molecule has 5 nitrogen and oxygen atoms in total. The lowest BCUT2D eigenvalue weighted by Gasteiger charge is -2.12. The molecule has 6 heteroatoms. The summed E-state index contributed by atoms with van der Waals surface area (Å²) in [6.45, 7) is 0. The lowest BCUT2D eigenvalue weighted by molar-refractivity contribution is -0.115. The van der Waals surface area contributed by atoms with E-state index in [-0.39, 0.29) is 5.91 Å². The largest absolute Gasteiger partial charge is 0.497 e. The second-order valence-corrected chi connectivity index (χ2v) is 5.31. The maximum atomic E-state index is 11.3. The van der Waals surface area contributed by atoms with Crippen LogP contribution < -0.4 is 20.7 Å². The fourth-order valence-corrected chi connectivity index (χ4v) is 2.50. The van der Waals surface area contributed by atoms with Crippen molar-refractivity contribution in [2.45, 2.75) is 6.42 Å². The molecule has 0 spiro atoms. The van der Waals surface area contributed by atoms with E-state index >= 15 is 0 Å². The normalized spacial score (nSPS) is 12.3. The number of hydrogen-bond donors (Lipinski definition) is 3. The van der Waals surface area contributed by atoms with Crippen molar-refractivity contribution in [3.8, 4) is 5.75 Å². The van der Waals surface area contributed by atoms with Gasteiger partial charge in [-0.3, -0.25) is 4.79 Å². The van der Waals surface area contributed by atoms with E-state index in [1.54, 1.807) is 7.11 Å². The van der Waals surface area contributed by atoms with Gasteiger partial charge in [0.2, 0.25) is 5.91 Å². The lowest BCUT2D eigenvalue weighted by Crippen LogP contribution is -2.19. The average Bonchev–Trinajstić information content (AvgIpc) is 2.87. The molecule has 0 atom stereocenters. The highest BCUT2D eigenvalue weighted by Crippen LogP contribution is 2.26. The van der Waals surface area contributed by atoms with Gasteiger partial charge in [0.25, 0.3) is 0 Å². The van der Waals surface area contributed by atoms with Crippen LogP contribution in [-0.2, 0) is 11.2 Å². The maximum Gasteiger partial charge on any atom is 0.228 e. The second kappa shape index (κ2) is 6.03. The molecule has 0 aliphatic carbocycles. The number of carbonyl (C=O) groups is 1. The Bertz CT molecular complexity index is 729. The van der Waals surface area contributed by atoms with E-state index in [1.165, 1.54) is 0 Å². The topological polar surface area (TPSA) is 62.4 Å². The predicted octanol–water partition coefficient (Wildman–Crippen LogP) is 3.00. The van der Waals surface area contributed by atoms with E-state index in [1.807, 2.05) is 42.5 Å². The third-order valence-electron chi connectivity index (χ3n) is 3.34. The first-order valence-electron chi connectivity index (χ1n) is 6.79. The second-order valence-electron chi connectivity index (χ2n) is 4.90. The Labute approximate surface area is 133 Å². The fraction of sp³-hybridized carbons (Fsp3) is 0.125. The summed E-state index contributed by atoms with van der Waals surface area (Å²) in [7, 11) is 1.63. The third-order valence-corrected chi connectivity index (χ3v) is 3.54. The molecule has 0 bridgehead atoms. The van der Waals surface area contributed by atoms with Crippen molar-refractivity contribution in [2.75, 3.05) is 23.1 Å². The zero-order valence-corrected chi connectivity index (χ0v) is 12.8. The Morgan fingerprint density at radius 2 is 1.82 bits per heavy atom. The SMILES string of the molecule is COc1ccc(NC(=S)Nc2ccc3c(c2)NC(=O)C3)cc1. The molecular formula is C16H15N3O2S. The molecule has 2 aromatic rings. The highest BCUT2D eigenvalue weighted by Gasteiger charge is 2.17. The molecule has 0 aromatic heterocycles. The van der Waals surface area contributed by atoms with Gasteiger partial charge in [0.05, 0.1) is 13.5 Å². The zero-order chi connectivity index (χ0) is 15.5.